The van der Waals surface area contributed by atoms with Gasteiger partial charge in [-0.25, -0.2) is 4.98 Å². The van der Waals surface area contributed by atoms with E-state index in [1.165, 1.54) is 0 Å². The maximum atomic E-state index is 11.4. The van der Waals surface area contributed by atoms with Crippen LogP contribution in [-0.4, -0.2) is 37.9 Å². The van der Waals surface area contributed by atoms with Gasteiger partial charge in [-0.3, -0.25) is 9.69 Å². The number of aliphatic carboxylic acids is 1. The Labute approximate surface area is 117 Å². The molecule has 2 aromatic rings. The Hall–Kier alpha value is -1.88. The molecule has 1 unspecified atom stereocenters. The summed E-state index contributed by atoms with van der Waals surface area (Å²) in [5.41, 5.74) is 3.11. The lowest BCUT2D eigenvalue weighted by atomic mass is 10.0. The Morgan fingerprint density at radius 3 is 3.10 bits per heavy atom. The van der Waals surface area contributed by atoms with E-state index in [2.05, 4.69) is 14.3 Å². The fourth-order valence-corrected chi connectivity index (χ4v) is 3.06. The third kappa shape index (κ3) is 2.29. The van der Waals surface area contributed by atoms with Gasteiger partial charge >= 0.3 is 5.97 Å². The number of rotatable bonds is 3. The van der Waals surface area contributed by atoms with Crippen LogP contribution in [0, 0.1) is 6.92 Å². The van der Waals surface area contributed by atoms with Gasteiger partial charge in [0.2, 0.25) is 0 Å². The number of carbonyl (C=O) groups is 1. The van der Waals surface area contributed by atoms with Gasteiger partial charge in [-0.15, -0.1) is 0 Å². The molecule has 20 heavy (non-hydrogen) atoms. The van der Waals surface area contributed by atoms with E-state index in [9.17, 15) is 9.90 Å². The van der Waals surface area contributed by atoms with Crippen molar-refractivity contribution in [2.24, 2.45) is 0 Å². The molecule has 1 aliphatic heterocycles. The van der Waals surface area contributed by atoms with Crippen LogP contribution in [-0.2, 0) is 11.3 Å². The number of carboxylic acid groups (broad SMARTS) is 1. The van der Waals surface area contributed by atoms with E-state index in [0.717, 1.165) is 42.8 Å². The summed E-state index contributed by atoms with van der Waals surface area (Å²) >= 11 is 0. The molecule has 0 spiro atoms. The fraction of sp³-hybridized carbons (Fsp3) is 0.467. The lowest BCUT2D eigenvalue weighted by Crippen LogP contribution is -2.44. The van der Waals surface area contributed by atoms with Gasteiger partial charge in [0.15, 0.2) is 0 Å². The van der Waals surface area contributed by atoms with Crippen LogP contribution in [0.25, 0.3) is 5.65 Å². The van der Waals surface area contributed by atoms with Crippen LogP contribution in [0.1, 0.15) is 30.7 Å². The van der Waals surface area contributed by atoms with Crippen molar-refractivity contribution < 1.29 is 9.90 Å². The average Bonchev–Trinajstić information content (AvgIpc) is 2.84. The summed E-state index contributed by atoms with van der Waals surface area (Å²) in [7, 11) is 0. The highest BCUT2D eigenvalue weighted by Crippen LogP contribution is 2.21. The number of carboxylic acids is 1. The largest absolute Gasteiger partial charge is 0.480 e. The number of likely N-dealkylation sites (tertiary alicyclic amines) is 1. The van der Waals surface area contributed by atoms with Gasteiger partial charge in [0.05, 0.1) is 11.9 Å². The molecule has 1 atom stereocenters. The zero-order valence-electron chi connectivity index (χ0n) is 11.6. The van der Waals surface area contributed by atoms with Crippen LogP contribution in [0.4, 0.5) is 0 Å². The van der Waals surface area contributed by atoms with Crippen molar-refractivity contribution in [3.05, 3.63) is 35.8 Å². The molecule has 1 N–H and O–H groups in total. The van der Waals surface area contributed by atoms with Gasteiger partial charge in [0.25, 0.3) is 0 Å². The molecule has 106 valence electrons. The van der Waals surface area contributed by atoms with Crippen LogP contribution in [0.5, 0.6) is 0 Å². The first kappa shape index (κ1) is 13.1. The Bertz CT molecular complexity index is 635. The third-order valence-corrected chi connectivity index (χ3v) is 4.06. The van der Waals surface area contributed by atoms with Crippen molar-refractivity contribution in [1.29, 1.82) is 0 Å². The Morgan fingerprint density at radius 1 is 1.45 bits per heavy atom. The van der Waals surface area contributed by atoms with Crippen LogP contribution in [0.2, 0.25) is 0 Å². The monoisotopic (exact) mass is 273 g/mol. The first-order valence-electron chi connectivity index (χ1n) is 7.05. The lowest BCUT2D eigenvalue weighted by molar-refractivity contribution is -0.144. The molecule has 0 saturated carbocycles. The molecule has 5 nitrogen and oxygen atoms in total. The molecule has 3 rings (SSSR count). The number of aromatic nitrogens is 2. The fourth-order valence-electron chi connectivity index (χ4n) is 3.06. The number of pyridine rings is 1. The number of hydrogen-bond acceptors (Lipinski definition) is 3. The Morgan fingerprint density at radius 2 is 2.30 bits per heavy atom. The second-order valence-electron chi connectivity index (χ2n) is 5.43. The summed E-state index contributed by atoms with van der Waals surface area (Å²) in [4.78, 5) is 17.8. The number of fused-ring (bicyclic) bond motifs is 1. The first-order chi connectivity index (χ1) is 9.66. The van der Waals surface area contributed by atoms with Crippen LogP contribution in [0.3, 0.4) is 0 Å². The summed E-state index contributed by atoms with van der Waals surface area (Å²) in [5, 5.41) is 9.34. The standard InChI is InChI=1S/C15H19N3O2/c1-11-5-4-7-14-16-9-12(18(11)14)10-17-8-3-2-6-13(17)15(19)20/h4-5,7,9,13H,2-3,6,8,10H2,1H3,(H,19,20). The quantitative estimate of drug-likeness (QED) is 0.930. The maximum Gasteiger partial charge on any atom is 0.320 e. The van der Waals surface area contributed by atoms with Gasteiger partial charge in [0, 0.05) is 12.2 Å². The lowest BCUT2D eigenvalue weighted by Gasteiger charge is -2.32. The summed E-state index contributed by atoms with van der Waals surface area (Å²) in [6, 6.07) is 5.64. The van der Waals surface area contributed by atoms with Gasteiger partial charge in [-0.05, 0) is 38.4 Å². The SMILES string of the molecule is Cc1cccc2ncc(CN3CCCCC3C(=O)O)n12. The topological polar surface area (TPSA) is 57.8 Å². The molecule has 0 amide bonds. The molecule has 2 aromatic heterocycles. The zero-order valence-corrected chi connectivity index (χ0v) is 11.6. The van der Waals surface area contributed by atoms with E-state index in [1.807, 2.05) is 31.3 Å². The van der Waals surface area contributed by atoms with Gasteiger partial charge < -0.3 is 9.51 Å². The van der Waals surface area contributed by atoms with Crippen molar-refractivity contribution in [3.63, 3.8) is 0 Å². The van der Waals surface area contributed by atoms with E-state index in [4.69, 9.17) is 0 Å². The predicted octanol–water partition coefficient (Wildman–Crippen LogP) is 2.08. The number of hydrogen-bond donors (Lipinski definition) is 1. The van der Waals surface area contributed by atoms with Crippen molar-refractivity contribution in [3.8, 4) is 0 Å². The number of piperidine rings is 1. The predicted molar refractivity (Wildman–Crippen MR) is 75.6 cm³/mol. The molecule has 0 radical (unpaired) electrons. The Balaban J connectivity index is 1.90. The van der Waals surface area contributed by atoms with Gasteiger partial charge in [0.1, 0.15) is 11.7 Å². The van der Waals surface area contributed by atoms with Crippen molar-refractivity contribution in [2.75, 3.05) is 6.54 Å². The van der Waals surface area contributed by atoms with Crippen LogP contribution < -0.4 is 0 Å². The molecule has 0 aromatic carbocycles. The van der Waals surface area contributed by atoms with Crippen LogP contribution >= 0.6 is 0 Å². The molecular weight excluding hydrogens is 254 g/mol. The summed E-state index contributed by atoms with van der Waals surface area (Å²) in [5.74, 6) is -0.713. The normalized spacial score (nSPS) is 20.4. The highest BCUT2D eigenvalue weighted by atomic mass is 16.4. The number of nitrogens with zero attached hydrogens (tertiary/aromatic N) is 3. The average molecular weight is 273 g/mol. The number of aryl methyl sites for hydroxylation is 1. The molecule has 0 bridgehead atoms. The molecule has 5 heteroatoms. The van der Waals surface area contributed by atoms with Crippen molar-refractivity contribution >= 4 is 11.6 Å². The Kier molecular flexibility index (Phi) is 3.44. The minimum atomic E-state index is -0.713. The second-order valence-corrected chi connectivity index (χ2v) is 5.43. The summed E-state index contributed by atoms with van der Waals surface area (Å²) in [6.07, 6.45) is 4.67. The van der Waals surface area contributed by atoms with Crippen LogP contribution in [0.15, 0.2) is 24.4 Å². The molecular formula is C15H19N3O2. The van der Waals surface area contributed by atoms with E-state index < -0.39 is 5.97 Å². The maximum absolute atomic E-state index is 11.4. The molecule has 1 aliphatic rings. The highest BCUT2D eigenvalue weighted by molar-refractivity contribution is 5.73. The summed E-state index contributed by atoms with van der Waals surface area (Å²) in [6.45, 7) is 3.53. The van der Waals surface area contributed by atoms with E-state index >= 15 is 0 Å². The zero-order chi connectivity index (χ0) is 14.1. The van der Waals surface area contributed by atoms with Gasteiger partial charge in [-0.1, -0.05) is 12.5 Å². The summed E-state index contributed by atoms with van der Waals surface area (Å²) < 4.78 is 2.10. The highest BCUT2D eigenvalue weighted by Gasteiger charge is 2.28. The van der Waals surface area contributed by atoms with E-state index in [0.29, 0.717) is 6.54 Å². The molecule has 0 aliphatic carbocycles. The second kappa shape index (κ2) is 5.25. The third-order valence-electron chi connectivity index (χ3n) is 4.06. The smallest absolute Gasteiger partial charge is 0.320 e. The van der Waals surface area contributed by atoms with Crippen molar-refractivity contribution in [1.82, 2.24) is 14.3 Å². The first-order valence-corrected chi connectivity index (χ1v) is 7.05. The minimum Gasteiger partial charge on any atom is -0.480 e. The van der Waals surface area contributed by atoms with E-state index in [-0.39, 0.29) is 6.04 Å². The molecule has 1 saturated heterocycles. The van der Waals surface area contributed by atoms with E-state index in [1.54, 1.807) is 0 Å². The molecule has 3 heterocycles. The van der Waals surface area contributed by atoms with Gasteiger partial charge in [-0.2, -0.15) is 0 Å². The van der Waals surface area contributed by atoms with Crippen molar-refractivity contribution in [2.45, 2.75) is 38.8 Å². The minimum absolute atomic E-state index is 0.363. The number of imidazole rings is 1. The molecule has 1 fully saturated rings.